The van der Waals surface area contributed by atoms with Crippen LogP contribution in [0.4, 0.5) is 11.4 Å². The lowest BCUT2D eigenvalue weighted by atomic mass is 10.2. The molecule has 1 N–H and O–H groups in total. The molecule has 0 unspecified atom stereocenters. The van der Waals surface area contributed by atoms with Crippen LogP contribution in [-0.2, 0) is 14.3 Å². The number of piperazine rings is 1. The van der Waals surface area contributed by atoms with Gasteiger partial charge in [-0.25, -0.2) is 0 Å². The highest BCUT2D eigenvalue weighted by Gasteiger charge is 2.26. The number of carbonyl (C=O) groups is 2. The summed E-state index contributed by atoms with van der Waals surface area (Å²) < 4.78 is 4.93. The molecule has 0 aromatic heterocycles. The van der Waals surface area contributed by atoms with E-state index in [1.165, 1.54) is 6.07 Å². The fourth-order valence-corrected chi connectivity index (χ4v) is 3.21. The average molecular weight is 407 g/mol. The molecule has 2 rings (SSSR count). The maximum Gasteiger partial charge on any atom is 0.292 e. The van der Waals surface area contributed by atoms with Crippen LogP contribution >= 0.6 is 0 Å². The van der Waals surface area contributed by atoms with E-state index in [0.717, 1.165) is 6.42 Å². The number of hydrogen-bond acceptors (Lipinski definition) is 7. The summed E-state index contributed by atoms with van der Waals surface area (Å²) in [6.45, 7) is 3.46. The Morgan fingerprint density at radius 3 is 2.55 bits per heavy atom. The van der Waals surface area contributed by atoms with Crippen LogP contribution < -0.4 is 10.2 Å². The third kappa shape index (κ3) is 6.99. The maximum absolute atomic E-state index is 12.5. The van der Waals surface area contributed by atoms with Gasteiger partial charge < -0.3 is 19.9 Å². The molecular weight excluding hydrogens is 378 g/mol. The van der Waals surface area contributed by atoms with Gasteiger partial charge in [-0.2, -0.15) is 0 Å². The van der Waals surface area contributed by atoms with Crippen LogP contribution in [0.25, 0.3) is 0 Å². The second-order valence-electron chi connectivity index (χ2n) is 6.98. The number of nitrogens with one attached hydrogen (secondary N) is 1. The number of nitro benzene ring substituents is 1. The first kappa shape index (κ1) is 22.6. The van der Waals surface area contributed by atoms with E-state index in [-0.39, 0.29) is 35.5 Å². The van der Waals surface area contributed by atoms with Crippen molar-refractivity contribution in [3.63, 3.8) is 0 Å². The van der Waals surface area contributed by atoms with Gasteiger partial charge in [0.25, 0.3) is 5.69 Å². The third-order valence-corrected chi connectivity index (χ3v) is 4.72. The van der Waals surface area contributed by atoms with Gasteiger partial charge in [0.1, 0.15) is 5.69 Å². The Balaban J connectivity index is 1.77. The Bertz CT molecular complexity index is 706. The molecule has 2 amide bonds. The highest BCUT2D eigenvalue weighted by atomic mass is 16.6. The number of nitro groups is 1. The molecular formula is C19H29N5O5. The summed E-state index contributed by atoms with van der Waals surface area (Å²) in [5.74, 6) is -0.181. The molecule has 0 atom stereocenters. The smallest absolute Gasteiger partial charge is 0.292 e. The standard InChI is InChI=1S/C19H29N5O5/c1-21(14-18(25)20-8-5-13-29-2)15-19(26)23-11-9-22(10-12-23)16-6-3-4-7-17(16)24(27)28/h3-4,6-7H,5,8-15H2,1-2H3,(H,20,25). The summed E-state index contributed by atoms with van der Waals surface area (Å²) in [5.41, 5.74) is 0.649. The minimum Gasteiger partial charge on any atom is -0.385 e. The van der Waals surface area contributed by atoms with E-state index in [2.05, 4.69) is 5.32 Å². The summed E-state index contributed by atoms with van der Waals surface area (Å²) in [7, 11) is 3.35. The molecule has 1 fully saturated rings. The van der Waals surface area contributed by atoms with Crippen LogP contribution in [0.15, 0.2) is 24.3 Å². The third-order valence-electron chi connectivity index (χ3n) is 4.72. The van der Waals surface area contributed by atoms with Crippen LogP contribution in [0.1, 0.15) is 6.42 Å². The zero-order valence-corrected chi connectivity index (χ0v) is 17.0. The number of anilines is 1. The van der Waals surface area contributed by atoms with Gasteiger partial charge in [0.15, 0.2) is 0 Å². The number of carbonyl (C=O) groups excluding carboxylic acids is 2. The minimum absolute atomic E-state index is 0.0538. The predicted octanol–water partition coefficient (Wildman–Crippen LogP) is 0.328. The van der Waals surface area contributed by atoms with Gasteiger partial charge in [-0.1, -0.05) is 12.1 Å². The van der Waals surface area contributed by atoms with E-state index in [0.29, 0.717) is 45.0 Å². The number of methoxy groups -OCH3 is 1. The number of rotatable bonds is 10. The van der Waals surface area contributed by atoms with Crippen LogP contribution in [0, 0.1) is 10.1 Å². The highest BCUT2D eigenvalue weighted by Crippen LogP contribution is 2.28. The number of hydrogen-bond donors (Lipinski definition) is 1. The van der Waals surface area contributed by atoms with E-state index in [4.69, 9.17) is 4.74 Å². The summed E-state index contributed by atoms with van der Waals surface area (Å²) in [4.78, 5) is 40.6. The fourth-order valence-electron chi connectivity index (χ4n) is 3.21. The molecule has 29 heavy (non-hydrogen) atoms. The lowest BCUT2D eigenvalue weighted by Crippen LogP contribution is -2.51. The quantitative estimate of drug-likeness (QED) is 0.338. The zero-order chi connectivity index (χ0) is 21.2. The minimum atomic E-state index is -0.387. The molecule has 1 heterocycles. The average Bonchev–Trinajstić information content (AvgIpc) is 2.71. The lowest BCUT2D eigenvalue weighted by Gasteiger charge is -2.36. The molecule has 0 radical (unpaired) electrons. The van der Waals surface area contributed by atoms with Crippen molar-refractivity contribution in [2.45, 2.75) is 6.42 Å². The van der Waals surface area contributed by atoms with Crippen molar-refractivity contribution in [1.82, 2.24) is 15.1 Å². The van der Waals surface area contributed by atoms with Crippen LogP contribution in [0.5, 0.6) is 0 Å². The molecule has 1 aromatic rings. The van der Waals surface area contributed by atoms with Crippen molar-refractivity contribution in [1.29, 1.82) is 0 Å². The van der Waals surface area contributed by atoms with E-state index in [1.807, 2.05) is 4.90 Å². The normalized spacial score (nSPS) is 14.2. The molecule has 10 nitrogen and oxygen atoms in total. The fraction of sp³-hybridized carbons (Fsp3) is 0.579. The summed E-state index contributed by atoms with van der Waals surface area (Å²) in [6.07, 6.45) is 0.745. The van der Waals surface area contributed by atoms with Gasteiger partial charge in [0.05, 0.1) is 18.0 Å². The second kappa shape index (κ2) is 11.3. The Kier molecular flexibility index (Phi) is 8.81. The molecule has 1 aliphatic heterocycles. The van der Waals surface area contributed by atoms with E-state index < -0.39 is 0 Å². The molecule has 1 aromatic carbocycles. The number of benzene rings is 1. The zero-order valence-electron chi connectivity index (χ0n) is 17.0. The van der Waals surface area contributed by atoms with Gasteiger partial charge in [0.2, 0.25) is 11.8 Å². The molecule has 0 spiro atoms. The Morgan fingerprint density at radius 2 is 1.90 bits per heavy atom. The number of ether oxygens (including phenoxy) is 1. The Morgan fingerprint density at radius 1 is 1.21 bits per heavy atom. The Hall–Kier alpha value is -2.72. The van der Waals surface area contributed by atoms with Gasteiger partial charge in [-0.3, -0.25) is 24.6 Å². The van der Waals surface area contributed by atoms with Crippen molar-refractivity contribution in [2.24, 2.45) is 0 Å². The monoisotopic (exact) mass is 407 g/mol. The number of para-hydroxylation sites is 2. The molecule has 10 heteroatoms. The highest BCUT2D eigenvalue weighted by molar-refractivity contribution is 5.81. The van der Waals surface area contributed by atoms with E-state index in [1.54, 1.807) is 42.2 Å². The molecule has 0 aliphatic carbocycles. The number of amides is 2. The van der Waals surface area contributed by atoms with Gasteiger partial charge >= 0.3 is 0 Å². The molecule has 1 aliphatic rings. The van der Waals surface area contributed by atoms with Crippen molar-refractivity contribution in [3.05, 3.63) is 34.4 Å². The first-order valence-electron chi connectivity index (χ1n) is 9.62. The number of likely N-dealkylation sites (N-methyl/N-ethyl adjacent to an activating group) is 1. The first-order valence-corrected chi connectivity index (χ1v) is 9.62. The molecule has 1 saturated heterocycles. The lowest BCUT2D eigenvalue weighted by molar-refractivity contribution is -0.384. The van der Waals surface area contributed by atoms with Crippen LogP contribution in [0.2, 0.25) is 0 Å². The maximum atomic E-state index is 12.5. The molecule has 0 bridgehead atoms. The van der Waals surface area contributed by atoms with Crippen LogP contribution in [-0.4, -0.2) is 93.1 Å². The van der Waals surface area contributed by atoms with Crippen molar-refractivity contribution >= 4 is 23.2 Å². The Labute approximate surface area is 170 Å². The summed E-state index contributed by atoms with van der Waals surface area (Å²) >= 11 is 0. The van der Waals surface area contributed by atoms with Gasteiger partial charge in [0, 0.05) is 52.5 Å². The van der Waals surface area contributed by atoms with Crippen LogP contribution in [0.3, 0.4) is 0 Å². The van der Waals surface area contributed by atoms with Gasteiger partial charge in [-0.05, 0) is 19.5 Å². The summed E-state index contributed by atoms with van der Waals surface area (Å²) in [5, 5.41) is 14.0. The largest absolute Gasteiger partial charge is 0.385 e. The number of nitrogens with zero attached hydrogens (tertiary/aromatic N) is 4. The van der Waals surface area contributed by atoms with Crippen molar-refractivity contribution < 1.29 is 19.2 Å². The van der Waals surface area contributed by atoms with E-state index in [9.17, 15) is 19.7 Å². The molecule has 160 valence electrons. The predicted molar refractivity (Wildman–Crippen MR) is 109 cm³/mol. The first-order chi connectivity index (χ1) is 13.9. The second-order valence-corrected chi connectivity index (χ2v) is 6.98. The SMILES string of the molecule is COCCCNC(=O)CN(C)CC(=O)N1CCN(c2ccccc2[N+](=O)[O-])CC1. The van der Waals surface area contributed by atoms with Crippen molar-refractivity contribution in [3.8, 4) is 0 Å². The van der Waals surface area contributed by atoms with E-state index >= 15 is 0 Å². The van der Waals surface area contributed by atoms with Crippen molar-refractivity contribution in [2.75, 3.05) is 71.5 Å². The van der Waals surface area contributed by atoms with Gasteiger partial charge in [-0.15, -0.1) is 0 Å². The topological polar surface area (TPSA) is 108 Å². The molecule has 0 saturated carbocycles. The summed E-state index contributed by atoms with van der Waals surface area (Å²) in [6, 6.07) is 6.64.